The van der Waals surface area contributed by atoms with Gasteiger partial charge in [0.25, 0.3) is 5.91 Å². The lowest BCUT2D eigenvalue weighted by molar-refractivity contribution is 0.0955. The van der Waals surface area contributed by atoms with Crippen LogP contribution in [0.2, 0.25) is 5.02 Å². The van der Waals surface area contributed by atoms with Crippen molar-refractivity contribution in [1.29, 1.82) is 0 Å². The number of hydrazone groups is 1. The number of ether oxygens (including phenoxy) is 2. The first kappa shape index (κ1) is 19.3. The normalized spacial score (nSPS) is 10.5. The zero-order valence-corrected chi connectivity index (χ0v) is 16.4. The predicted molar refractivity (Wildman–Crippen MR) is 108 cm³/mol. The van der Waals surface area contributed by atoms with E-state index in [9.17, 15) is 4.79 Å². The number of hydrogen-bond acceptors (Lipinski definition) is 4. The van der Waals surface area contributed by atoms with Crippen LogP contribution >= 0.6 is 34.2 Å². The van der Waals surface area contributed by atoms with Crippen molar-refractivity contribution < 1.29 is 14.3 Å². The summed E-state index contributed by atoms with van der Waals surface area (Å²) in [7, 11) is 1.56. The maximum atomic E-state index is 12.0. The van der Waals surface area contributed by atoms with E-state index in [1.165, 1.54) is 6.21 Å². The Morgan fingerprint density at radius 2 is 2.08 bits per heavy atom. The summed E-state index contributed by atoms with van der Waals surface area (Å²) in [5, 5.41) is 4.55. The summed E-state index contributed by atoms with van der Waals surface area (Å²) < 4.78 is 11.8. The topological polar surface area (TPSA) is 59.9 Å². The highest BCUT2D eigenvalue weighted by atomic mass is 127. The molecule has 0 heterocycles. The Labute approximate surface area is 164 Å². The van der Waals surface area contributed by atoms with E-state index in [1.54, 1.807) is 43.5 Å². The average Bonchev–Trinajstić information content (AvgIpc) is 2.61. The van der Waals surface area contributed by atoms with Crippen LogP contribution in [0.3, 0.4) is 0 Å². The van der Waals surface area contributed by atoms with Gasteiger partial charge in [0, 0.05) is 10.6 Å². The quantitative estimate of drug-likeness (QED) is 0.284. The molecule has 2 aromatic rings. The minimum Gasteiger partial charge on any atom is -0.493 e. The summed E-state index contributed by atoms with van der Waals surface area (Å²) >= 11 is 7.95. The second-order valence-electron chi connectivity index (χ2n) is 4.84. The average molecular weight is 471 g/mol. The third kappa shape index (κ3) is 5.47. The van der Waals surface area contributed by atoms with Crippen LogP contribution in [0, 0.1) is 3.57 Å². The number of halogens is 2. The van der Waals surface area contributed by atoms with Gasteiger partial charge in [0.05, 0.1) is 16.9 Å². The van der Waals surface area contributed by atoms with Gasteiger partial charge < -0.3 is 9.47 Å². The SMILES string of the molecule is C=CCOc1c(I)cc(C=NNC(=O)c2ccc(Cl)cc2)cc1OC. The summed E-state index contributed by atoms with van der Waals surface area (Å²) in [6, 6.07) is 10.2. The minimum absolute atomic E-state index is 0.319. The number of carbonyl (C=O) groups is 1. The zero-order valence-electron chi connectivity index (χ0n) is 13.5. The van der Waals surface area contributed by atoms with E-state index in [1.807, 2.05) is 6.07 Å². The summed E-state index contributed by atoms with van der Waals surface area (Å²) in [6.45, 7) is 4.01. The van der Waals surface area contributed by atoms with Crippen LogP contribution in [0.5, 0.6) is 11.5 Å². The van der Waals surface area contributed by atoms with Crippen LogP contribution in [0.15, 0.2) is 54.2 Å². The fraction of sp³-hybridized carbons (Fsp3) is 0.111. The molecule has 0 aliphatic heterocycles. The highest BCUT2D eigenvalue weighted by Gasteiger charge is 2.10. The molecule has 7 heteroatoms. The second kappa shape index (κ2) is 9.43. The molecule has 2 aromatic carbocycles. The number of nitrogens with one attached hydrogen (secondary N) is 1. The lowest BCUT2D eigenvalue weighted by Gasteiger charge is -2.12. The molecule has 0 unspecified atom stereocenters. The fourth-order valence-corrected chi connectivity index (χ4v) is 2.83. The predicted octanol–water partition coefficient (Wildman–Crippen LogP) is 4.28. The van der Waals surface area contributed by atoms with Gasteiger partial charge in [0.2, 0.25) is 0 Å². The summed E-state index contributed by atoms with van der Waals surface area (Å²) in [5.74, 6) is 0.907. The third-order valence-electron chi connectivity index (χ3n) is 3.08. The number of nitrogens with zero attached hydrogens (tertiary/aromatic N) is 1. The number of methoxy groups -OCH3 is 1. The molecule has 0 saturated carbocycles. The van der Waals surface area contributed by atoms with Gasteiger partial charge >= 0.3 is 0 Å². The number of hydrogen-bond donors (Lipinski definition) is 1. The van der Waals surface area contributed by atoms with Crippen LogP contribution in [-0.2, 0) is 0 Å². The van der Waals surface area contributed by atoms with E-state index < -0.39 is 0 Å². The summed E-state index contributed by atoms with van der Waals surface area (Å²) in [5.41, 5.74) is 3.71. The first-order valence-corrected chi connectivity index (χ1v) is 8.71. The molecular formula is C18H16ClIN2O3. The number of rotatable bonds is 7. The Morgan fingerprint density at radius 1 is 1.36 bits per heavy atom. The molecule has 0 atom stereocenters. The van der Waals surface area contributed by atoms with Crippen LogP contribution in [0.1, 0.15) is 15.9 Å². The van der Waals surface area contributed by atoms with Crippen LogP contribution in [-0.4, -0.2) is 25.8 Å². The maximum Gasteiger partial charge on any atom is 0.271 e. The zero-order chi connectivity index (χ0) is 18.2. The first-order chi connectivity index (χ1) is 12.0. The highest BCUT2D eigenvalue weighted by molar-refractivity contribution is 14.1. The minimum atomic E-state index is -0.319. The monoisotopic (exact) mass is 470 g/mol. The van der Waals surface area contributed by atoms with E-state index in [2.05, 4.69) is 39.7 Å². The Balaban J connectivity index is 2.09. The molecule has 0 aliphatic carbocycles. The Kier molecular flexibility index (Phi) is 7.27. The van der Waals surface area contributed by atoms with Crippen molar-refractivity contribution in [2.45, 2.75) is 0 Å². The van der Waals surface area contributed by atoms with Gasteiger partial charge in [0.1, 0.15) is 6.61 Å². The van der Waals surface area contributed by atoms with Crippen LogP contribution in [0.4, 0.5) is 0 Å². The first-order valence-electron chi connectivity index (χ1n) is 7.25. The second-order valence-corrected chi connectivity index (χ2v) is 6.44. The lowest BCUT2D eigenvalue weighted by Crippen LogP contribution is -2.17. The van der Waals surface area contributed by atoms with Gasteiger partial charge in [-0.3, -0.25) is 4.79 Å². The van der Waals surface area contributed by atoms with Gasteiger partial charge in [-0.1, -0.05) is 24.3 Å². The van der Waals surface area contributed by atoms with Gasteiger partial charge in [-0.2, -0.15) is 5.10 Å². The molecule has 0 radical (unpaired) electrons. The molecule has 0 saturated heterocycles. The van der Waals surface area contributed by atoms with E-state index in [4.69, 9.17) is 21.1 Å². The molecule has 2 rings (SSSR count). The van der Waals surface area contributed by atoms with Crippen molar-refractivity contribution in [2.24, 2.45) is 5.10 Å². The summed E-state index contributed by atoms with van der Waals surface area (Å²) in [6.07, 6.45) is 3.20. The Hall–Kier alpha value is -2.06. The van der Waals surface area contributed by atoms with Crippen LogP contribution < -0.4 is 14.9 Å². The van der Waals surface area contributed by atoms with Crippen LogP contribution in [0.25, 0.3) is 0 Å². The largest absolute Gasteiger partial charge is 0.493 e. The van der Waals surface area contributed by atoms with Crippen molar-refractivity contribution in [1.82, 2.24) is 5.43 Å². The maximum absolute atomic E-state index is 12.0. The van der Waals surface area contributed by atoms with Crippen molar-refractivity contribution in [2.75, 3.05) is 13.7 Å². The molecule has 0 aromatic heterocycles. The molecule has 0 spiro atoms. The summed E-state index contributed by atoms with van der Waals surface area (Å²) in [4.78, 5) is 12.0. The fourth-order valence-electron chi connectivity index (χ4n) is 1.93. The molecule has 25 heavy (non-hydrogen) atoms. The molecule has 1 N–H and O–H groups in total. The van der Waals surface area contributed by atoms with Gasteiger partial charge in [-0.05, 0) is 64.6 Å². The van der Waals surface area contributed by atoms with Gasteiger partial charge in [0.15, 0.2) is 11.5 Å². The molecule has 5 nitrogen and oxygen atoms in total. The van der Waals surface area contributed by atoms with E-state index >= 15 is 0 Å². The third-order valence-corrected chi connectivity index (χ3v) is 4.14. The van der Waals surface area contributed by atoms with Crippen molar-refractivity contribution >= 4 is 46.3 Å². The molecule has 0 aliphatic rings. The van der Waals surface area contributed by atoms with E-state index in [-0.39, 0.29) is 5.91 Å². The molecular weight excluding hydrogens is 455 g/mol. The van der Waals surface area contributed by atoms with Crippen molar-refractivity contribution in [3.63, 3.8) is 0 Å². The number of carbonyl (C=O) groups excluding carboxylic acids is 1. The van der Waals surface area contributed by atoms with Gasteiger partial charge in [-0.15, -0.1) is 0 Å². The molecule has 130 valence electrons. The van der Waals surface area contributed by atoms with E-state index in [0.717, 1.165) is 9.13 Å². The van der Waals surface area contributed by atoms with E-state index in [0.29, 0.717) is 28.7 Å². The number of amides is 1. The lowest BCUT2D eigenvalue weighted by atomic mass is 10.2. The van der Waals surface area contributed by atoms with Gasteiger partial charge in [-0.25, -0.2) is 5.43 Å². The number of benzene rings is 2. The highest BCUT2D eigenvalue weighted by Crippen LogP contribution is 2.33. The molecule has 0 fully saturated rings. The standard InChI is InChI=1S/C18H16ClIN2O3/c1-3-8-25-17-15(20)9-12(10-16(17)24-2)11-21-22-18(23)13-4-6-14(19)7-5-13/h3-7,9-11H,1,8H2,2H3,(H,22,23). The Bertz CT molecular complexity index is 792. The smallest absolute Gasteiger partial charge is 0.271 e. The molecule has 0 bridgehead atoms. The van der Waals surface area contributed by atoms with Crippen molar-refractivity contribution in [3.05, 3.63) is 68.8 Å². The van der Waals surface area contributed by atoms with Crippen molar-refractivity contribution in [3.8, 4) is 11.5 Å². The Morgan fingerprint density at radius 3 is 2.72 bits per heavy atom. The molecule has 1 amide bonds.